The SMILES string of the molecule is COC(=O)c1ccc(NC(=O)c2cc(-c3cccc(OC)c3)n(C)n2)cc1. The Labute approximate surface area is 156 Å². The van der Waals surface area contributed by atoms with Crippen molar-refractivity contribution >= 4 is 17.6 Å². The van der Waals surface area contributed by atoms with Crippen molar-refractivity contribution in [2.45, 2.75) is 0 Å². The summed E-state index contributed by atoms with van der Waals surface area (Å²) in [6.45, 7) is 0. The van der Waals surface area contributed by atoms with Crippen molar-refractivity contribution in [2.75, 3.05) is 19.5 Å². The topological polar surface area (TPSA) is 82.5 Å². The standard InChI is InChI=1S/C20H19N3O4/c1-23-18(14-5-4-6-16(11-14)26-2)12-17(22-23)19(24)21-15-9-7-13(8-10-15)20(25)27-3/h4-12H,1-3H3,(H,21,24). The minimum absolute atomic E-state index is 0.285. The number of carbonyl (C=O) groups excluding carboxylic acids is 2. The zero-order valence-electron chi connectivity index (χ0n) is 15.2. The minimum Gasteiger partial charge on any atom is -0.497 e. The van der Waals surface area contributed by atoms with Crippen molar-refractivity contribution in [3.63, 3.8) is 0 Å². The Morgan fingerprint density at radius 2 is 1.78 bits per heavy atom. The van der Waals surface area contributed by atoms with Crippen LogP contribution in [0.15, 0.2) is 54.6 Å². The van der Waals surface area contributed by atoms with Gasteiger partial charge in [-0.1, -0.05) is 12.1 Å². The zero-order valence-corrected chi connectivity index (χ0v) is 15.2. The number of nitrogens with one attached hydrogen (secondary N) is 1. The highest BCUT2D eigenvalue weighted by Gasteiger charge is 2.15. The summed E-state index contributed by atoms with van der Waals surface area (Å²) in [5.41, 5.74) is 2.94. The van der Waals surface area contributed by atoms with Crippen LogP contribution in [0.25, 0.3) is 11.3 Å². The van der Waals surface area contributed by atoms with Gasteiger partial charge in [0.1, 0.15) is 5.75 Å². The summed E-state index contributed by atoms with van der Waals surface area (Å²) in [6, 6.07) is 15.7. The van der Waals surface area contributed by atoms with Gasteiger partial charge in [-0.15, -0.1) is 0 Å². The molecule has 0 saturated heterocycles. The number of methoxy groups -OCH3 is 2. The normalized spacial score (nSPS) is 10.3. The molecule has 7 heteroatoms. The molecule has 138 valence electrons. The average molecular weight is 365 g/mol. The molecular weight excluding hydrogens is 346 g/mol. The lowest BCUT2D eigenvalue weighted by atomic mass is 10.1. The van der Waals surface area contributed by atoms with Crippen LogP contribution >= 0.6 is 0 Å². The number of ether oxygens (including phenoxy) is 2. The van der Waals surface area contributed by atoms with Gasteiger partial charge >= 0.3 is 5.97 Å². The summed E-state index contributed by atoms with van der Waals surface area (Å²) in [6.07, 6.45) is 0. The molecule has 0 aliphatic rings. The summed E-state index contributed by atoms with van der Waals surface area (Å²) >= 11 is 0. The quantitative estimate of drug-likeness (QED) is 0.703. The lowest BCUT2D eigenvalue weighted by molar-refractivity contribution is 0.0600. The Balaban J connectivity index is 1.78. The molecule has 0 unspecified atom stereocenters. The molecule has 0 spiro atoms. The number of carbonyl (C=O) groups is 2. The van der Waals surface area contributed by atoms with E-state index in [1.165, 1.54) is 7.11 Å². The minimum atomic E-state index is -0.430. The molecule has 0 saturated carbocycles. The number of aromatic nitrogens is 2. The van der Waals surface area contributed by atoms with E-state index in [2.05, 4.69) is 15.2 Å². The van der Waals surface area contributed by atoms with Crippen molar-refractivity contribution < 1.29 is 19.1 Å². The largest absolute Gasteiger partial charge is 0.497 e. The van der Waals surface area contributed by atoms with E-state index >= 15 is 0 Å². The average Bonchev–Trinajstić information content (AvgIpc) is 3.10. The van der Waals surface area contributed by atoms with Crippen LogP contribution < -0.4 is 10.1 Å². The summed E-state index contributed by atoms with van der Waals surface area (Å²) in [7, 11) is 4.70. The van der Waals surface area contributed by atoms with Crippen molar-refractivity contribution in [3.8, 4) is 17.0 Å². The molecule has 1 aromatic heterocycles. The van der Waals surface area contributed by atoms with E-state index in [9.17, 15) is 9.59 Å². The molecule has 27 heavy (non-hydrogen) atoms. The first-order chi connectivity index (χ1) is 13.0. The number of hydrogen-bond donors (Lipinski definition) is 1. The Hall–Kier alpha value is -3.61. The summed E-state index contributed by atoms with van der Waals surface area (Å²) in [5, 5.41) is 7.05. The first-order valence-corrected chi connectivity index (χ1v) is 8.20. The third-order valence-corrected chi connectivity index (χ3v) is 4.04. The number of anilines is 1. The van der Waals surface area contributed by atoms with Gasteiger partial charge in [0, 0.05) is 18.3 Å². The van der Waals surface area contributed by atoms with Crippen molar-refractivity contribution in [3.05, 3.63) is 65.9 Å². The summed E-state index contributed by atoms with van der Waals surface area (Å²) in [4.78, 5) is 24.0. The van der Waals surface area contributed by atoms with Gasteiger partial charge in [-0.05, 0) is 42.5 Å². The fourth-order valence-corrected chi connectivity index (χ4v) is 2.63. The first-order valence-electron chi connectivity index (χ1n) is 8.20. The number of rotatable bonds is 5. The lowest BCUT2D eigenvalue weighted by Crippen LogP contribution is -2.13. The van der Waals surface area contributed by atoms with E-state index in [-0.39, 0.29) is 11.6 Å². The Morgan fingerprint density at radius 3 is 2.44 bits per heavy atom. The van der Waals surface area contributed by atoms with Gasteiger partial charge in [0.25, 0.3) is 5.91 Å². The number of nitrogens with zero attached hydrogens (tertiary/aromatic N) is 2. The second-order valence-corrected chi connectivity index (χ2v) is 5.79. The van der Waals surface area contributed by atoms with Crippen LogP contribution in [0, 0.1) is 0 Å². The van der Waals surface area contributed by atoms with Crippen molar-refractivity contribution in [2.24, 2.45) is 7.05 Å². The van der Waals surface area contributed by atoms with Crippen LogP contribution in [0.4, 0.5) is 5.69 Å². The molecule has 0 bridgehead atoms. The molecule has 0 aliphatic heterocycles. The molecule has 1 amide bonds. The zero-order chi connectivity index (χ0) is 19.4. The molecule has 0 fully saturated rings. The maximum atomic E-state index is 12.5. The molecule has 1 N–H and O–H groups in total. The van der Waals surface area contributed by atoms with E-state index in [0.29, 0.717) is 11.3 Å². The predicted molar refractivity (Wildman–Crippen MR) is 101 cm³/mol. The number of aryl methyl sites for hydroxylation is 1. The van der Waals surface area contributed by atoms with E-state index in [0.717, 1.165) is 17.0 Å². The van der Waals surface area contributed by atoms with E-state index < -0.39 is 5.97 Å². The van der Waals surface area contributed by atoms with Gasteiger partial charge in [-0.3, -0.25) is 9.48 Å². The van der Waals surface area contributed by atoms with Crippen LogP contribution in [0.5, 0.6) is 5.75 Å². The van der Waals surface area contributed by atoms with Crippen LogP contribution in [0.1, 0.15) is 20.8 Å². The third kappa shape index (κ3) is 3.98. The monoisotopic (exact) mass is 365 g/mol. The van der Waals surface area contributed by atoms with E-state index in [4.69, 9.17) is 4.74 Å². The van der Waals surface area contributed by atoms with Gasteiger partial charge in [0.2, 0.25) is 0 Å². The number of benzene rings is 2. The second kappa shape index (κ2) is 7.74. The molecular formula is C20H19N3O4. The Kier molecular flexibility index (Phi) is 5.21. The molecule has 0 radical (unpaired) electrons. The molecule has 2 aromatic carbocycles. The van der Waals surface area contributed by atoms with Gasteiger partial charge in [-0.2, -0.15) is 5.10 Å². The maximum Gasteiger partial charge on any atom is 0.337 e. The van der Waals surface area contributed by atoms with Gasteiger partial charge in [-0.25, -0.2) is 4.79 Å². The Morgan fingerprint density at radius 1 is 1.04 bits per heavy atom. The van der Waals surface area contributed by atoms with Crippen molar-refractivity contribution in [1.29, 1.82) is 0 Å². The van der Waals surface area contributed by atoms with Gasteiger partial charge in [0.05, 0.1) is 25.5 Å². The van der Waals surface area contributed by atoms with Crippen LogP contribution in [0.3, 0.4) is 0 Å². The van der Waals surface area contributed by atoms with Crippen LogP contribution in [0.2, 0.25) is 0 Å². The molecule has 7 nitrogen and oxygen atoms in total. The van der Waals surface area contributed by atoms with Gasteiger partial charge in [0.15, 0.2) is 5.69 Å². The van der Waals surface area contributed by atoms with Gasteiger partial charge < -0.3 is 14.8 Å². The van der Waals surface area contributed by atoms with Crippen LogP contribution in [-0.4, -0.2) is 35.9 Å². The van der Waals surface area contributed by atoms with Crippen molar-refractivity contribution in [1.82, 2.24) is 9.78 Å². The highest BCUT2D eigenvalue weighted by atomic mass is 16.5. The fraction of sp³-hybridized carbons (Fsp3) is 0.150. The number of hydrogen-bond acceptors (Lipinski definition) is 5. The van der Waals surface area contributed by atoms with Crippen LogP contribution in [-0.2, 0) is 11.8 Å². The maximum absolute atomic E-state index is 12.5. The van der Waals surface area contributed by atoms with E-state index in [1.807, 2.05) is 24.3 Å². The highest BCUT2D eigenvalue weighted by molar-refractivity contribution is 6.03. The third-order valence-electron chi connectivity index (χ3n) is 4.04. The number of esters is 1. The molecule has 1 heterocycles. The smallest absolute Gasteiger partial charge is 0.337 e. The fourth-order valence-electron chi connectivity index (χ4n) is 2.63. The second-order valence-electron chi connectivity index (χ2n) is 5.79. The molecule has 3 aromatic rings. The highest BCUT2D eigenvalue weighted by Crippen LogP contribution is 2.24. The molecule has 0 aliphatic carbocycles. The molecule has 0 atom stereocenters. The number of amides is 1. The summed E-state index contributed by atoms with van der Waals surface area (Å²) in [5.74, 6) is -0.0449. The first kappa shape index (κ1) is 18.2. The molecule has 3 rings (SSSR count). The lowest BCUT2D eigenvalue weighted by Gasteiger charge is -2.04. The Bertz CT molecular complexity index is 977. The van der Waals surface area contributed by atoms with E-state index in [1.54, 1.807) is 49.2 Å². The predicted octanol–water partition coefficient (Wildman–Crippen LogP) is 3.13. The summed E-state index contributed by atoms with van der Waals surface area (Å²) < 4.78 is 11.5.